The van der Waals surface area contributed by atoms with Gasteiger partial charge in [0.2, 0.25) is 5.91 Å². The van der Waals surface area contributed by atoms with Gasteiger partial charge in [0.1, 0.15) is 5.54 Å². The Bertz CT molecular complexity index is 387. The average molecular weight is 191 g/mol. The third-order valence-corrected chi connectivity index (χ3v) is 2.75. The summed E-state index contributed by atoms with van der Waals surface area (Å²) in [5.41, 5.74) is 0.237. The molecule has 4 heteroatoms. The van der Waals surface area contributed by atoms with Gasteiger partial charge in [-0.2, -0.15) is 0 Å². The van der Waals surface area contributed by atoms with Crippen LogP contribution in [0.4, 0.5) is 11.5 Å². The Morgan fingerprint density at radius 3 is 2.93 bits per heavy atom. The first-order valence-corrected chi connectivity index (χ1v) is 4.54. The summed E-state index contributed by atoms with van der Waals surface area (Å²) in [6.45, 7) is 3.75. The molecule has 1 aliphatic rings. The van der Waals surface area contributed by atoms with Crippen LogP contribution in [0.5, 0.6) is 0 Å². The summed E-state index contributed by atoms with van der Waals surface area (Å²) < 4.78 is 0. The molecule has 0 bridgehead atoms. The second-order valence-electron chi connectivity index (χ2n) is 3.95. The lowest BCUT2D eigenvalue weighted by Crippen LogP contribution is -2.54. The van der Waals surface area contributed by atoms with E-state index in [4.69, 9.17) is 0 Å². The van der Waals surface area contributed by atoms with Gasteiger partial charge in [0.25, 0.3) is 0 Å². The number of amides is 1. The lowest BCUT2D eigenvalue weighted by molar-refractivity contribution is -0.120. The molecule has 0 aliphatic carbocycles. The third-order valence-electron chi connectivity index (χ3n) is 2.75. The van der Waals surface area contributed by atoms with E-state index in [1.807, 2.05) is 37.9 Å². The molecule has 0 aromatic carbocycles. The first-order chi connectivity index (χ1) is 6.53. The third kappa shape index (κ3) is 1.07. The molecule has 0 spiro atoms. The van der Waals surface area contributed by atoms with Crippen molar-refractivity contribution < 1.29 is 4.79 Å². The van der Waals surface area contributed by atoms with Gasteiger partial charge in [-0.25, -0.2) is 4.98 Å². The number of hydrogen-bond acceptors (Lipinski definition) is 3. The lowest BCUT2D eigenvalue weighted by atomic mass is 9.99. The van der Waals surface area contributed by atoms with Crippen LogP contribution in [0.2, 0.25) is 0 Å². The topological polar surface area (TPSA) is 45.2 Å². The Morgan fingerprint density at radius 1 is 1.50 bits per heavy atom. The van der Waals surface area contributed by atoms with Crippen LogP contribution in [0.25, 0.3) is 0 Å². The van der Waals surface area contributed by atoms with Crippen LogP contribution < -0.4 is 10.2 Å². The summed E-state index contributed by atoms with van der Waals surface area (Å²) in [6, 6.07) is 3.66. The predicted octanol–water partition coefficient (Wildman–Crippen LogP) is 1.25. The van der Waals surface area contributed by atoms with Crippen molar-refractivity contribution in [3.63, 3.8) is 0 Å². The maximum absolute atomic E-state index is 11.7. The van der Waals surface area contributed by atoms with Crippen LogP contribution >= 0.6 is 0 Å². The maximum atomic E-state index is 11.7. The van der Waals surface area contributed by atoms with Crippen LogP contribution in [0.15, 0.2) is 18.3 Å². The van der Waals surface area contributed by atoms with Gasteiger partial charge in [-0.15, -0.1) is 0 Å². The first-order valence-electron chi connectivity index (χ1n) is 4.54. The number of nitrogens with zero attached hydrogens (tertiary/aromatic N) is 2. The number of rotatable bonds is 0. The Labute approximate surface area is 82.9 Å². The standard InChI is InChI=1S/C10H13N3O/c1-10(2)9(14)12-7-5-4-6-11-8(7)13(10)3/h4-6H,1-3H3,(H,12,14). The highest BCUT2D eigenvalue weighted by Crippen LogP contribution is 2.32. The van der Waals surface area contributed by atoms with Crippen molar-refractivity contribution in [2.24, 2.45) is 0 Å². The number of anilines is 2. The van der Waals surface area contributed by atoms with Crippen molar-refractivity contribution in [3.05, 3.63) is 18.3 Å². The Balaban J connectivity index is 2.55. The molecule has 2 heterocycles. The van der Waals surface area contributed by atoms with E-state index < -0.39 is 5.54 Å². The summed E-state index contributed by atoms with van der Waals surface area (Å²) in [5, 5.41) is 2.84. The van der Waals surface area contributed by atoms with Crippen molar-refractivity contribution in [1.29, 1.82) is 0 Å². The number of carbonyl (C=O) groups excluding carboxylic acids is 1. The fraction of sp³-hybridized carbons (Fsp3) is 0.400. The molecule has 0 unspecified atom stereocenters. The molecular weight excluding hydrogens is 178 g/mol. The largest absolute Gasteiger partial charge is 0.344 e. The average Bonchev–Trinajstić information content (AvgIpc) is 2.15. The second-order valence-corrected chi connectivity index (χ2v) is 3.95. The molecule has 0 radical (unpaired) electrons. The molecule has 0 saturated carbocycles. The van der Waals surface area contributed by atoms with Gasteiger partial charge >= 0.3 is 0 Å². The zero-order valence-electron chi connectivity index (χ0n) is 8.53. The summed E-state index contributed by atoms with van der Waals surface area (Å²) in [7, 11) is 1.88. The zero-order chi connectivity index (χ0) is 10.3. The normalized spacial score (nSPS) is 18.8. The SMILES string of the molecule is CN1c2ncccc2NC(=O)C1(C)C. The minimum Gasteiger partial charge on any atom is -0.344 e. The molecule has 2 rings (SSSR count). The predicted molar refractivity (Wildman–Crippen MR) is 55.3 cm³/mol. The quantitative estimate of drug-likeness (QED) is 0.671. The van der Waals surface area contributed by atoms with Gasteiger partial charge in [0.05, 0.1) is 5.69 Å². The number of carbonyl (C=O) groups is 1. The van der Waals surface area contributed by atoms with E-state index in [1.54, 1.807) is 6.20 Å². The van der Waals surface area contributed by atoms with E-state index in [0.29, 0.717) is 0 Å². The number of likely N-dealkylation sites (N-methyl/N-ethyl adjacent to an activating group) is 1. The highest BCUT2D eigenvalue weighted by atomic mass is 16.2. The van der Waals surface area contributed by atoms with Gasteiger partial charge in [0.15, 0.2) is 5.82 Å². The first kappa shape index (κ1) is 8.99. The molecule has 1 aliphatic heterocycles. The number of fused-ring (bicyclic) bond motifs is 1. The van der Waals surface area contributed by atoms with E-state index in [0.717, 1.165) is 11.5 Å². The summed E-state index contributed by atoms with van der Waals surface area (Å²) >= 11 is 0. The number of pyridine rings is 1. The molecule has 0 fully saturated rings. The summed E-state index contributed by atoms with van der Waals surface area (Å²) in [6.07, 6.45) is 1.73. The molecule has 74 valence electrons. The number of hydrogen-bond donors (Lipinski definition) is 1. The molecule has 1 aromatic rings. The molecule has 1 aromatic heterocycles. The van der Waals surface area contributed by atoms with Crippen LogP contribution in [0.1, 0.15) is 13.8 Å². The van der Waals surface area contributed by atoms with Crippen molar-refractivity contribution in [2.45, 2.75) is 19.4 Å². The Morgan fingerprint density at radius 2 is 2.21 bits per heavy atom. The Kier molecular flexibility index (Phi) is 1.74. The fourth-order valence-corrected chi connectivity index (χ4v) is 1.45. The highest BCUT2D eigenvalue weighted by Gasteiger charge is 2.38. The number of aromatic nitrogens is 1. The minimum absolute atomic E-state index is 0.000463. The van der Waals surface area contributed by atoms with E-state index in [1.165, 1.54) is 0 Å². The molecule has 1 amide bonds. The van der Waals surface area contributed by atoms with Gasteiger partial charge in [-0.3, -0.25) is 4.79 Å². The molecule has 1 N–H and O–H groups in total. The molecule has 4 nitrogen and oxygen atoms in total. The smallest absolute Gasteiger partial charge is 0.249 e. The zero-order valence-corrected chi connectivity index (χ0v) is 8.53. The van der Waals surface area contributed by atoms with E-state index in [-0.39, 0.29) is 5.91 Å². The molecular formula is C10H13N3O. The van der Waals surface area contributed by atoms with Crippen LogP contribution in [-0.4, -0.2) is 23.5 Å². The monoisotopic (exact) mass is 191 g/mol. The minimum atomic E-state index is -0.540. The van der Waals surface area contributed by atoms with Crippen molar-refractivity contribution in [2.75, 3.05) is 17.3 Å². The summed E-state index contributed by atoms with van der Waals surface area (Å²) in [5.74, 6) is 0.817. The van der Waals surface area contributed by atoms with Gasteiger partial charge in [0, 0.05) is 13.2 Å². The molecule has 0 atom stereocenters. The van der Waals surface area contributed by atoms with E-state index in [9.17, 15) is 4.79 Å². The highest BCUT2D eigenvalue weighted by molar-refractivity contribution is 6.05. The van der Waals surface area contributed by atoms with Crippen molar-refractivity contribution in [1.82, 2.24) is 4.98 Å². The van der Waals surface area contributed by atoms with Gasteiger partial charge in [-0.1, -0.05) is 0 Å². The van der Waals surface area contributed by atoms with Gasteiger partial charge in [-0.05, 0) is 26.0 Å². The van der Waals surface area contributed by atoms with Crippen LogP contribution in [0.3, 0.4) is 0 Å². The van der Waals surface area contributed by atoms with Crippen molar-refractivity contribution in [3.8, 4) is 0 Å². The van der Waals surface area contributed by atoms with Gasteiger partial charge < -0.3 is 10.2 Å². The van der Waals surface area contributed by atoms with Crippen molar-refractivity contribution >= 4 is 17.4 Å². The van der Waals surface area contributed by atoms with Crippen LogP contribution in [0, 0.1) is 0 Å². The number of nitrogens with one attached hydrogen (secondary N) is 1. The van der Waals surface area contributed by atoms with E-state index in [2.05, 4.69) is 10.3 Å². The van der Waals surface area contributed by atoms with E-state index >= 15 is 0 Å². The Hall–Kier alpha value is -1.58. The second kappa shape index (κ2) is 2.70. The fourth-order valence-electron chi connectivity index (χ4n) is 1.45. The lowest BCUT2D eigenvalue weighted by Gasteiger charge is -2.39. The molecule has 14 heavy (non-hydrogen) atoms. The molecule has 0 saturated heterocycles. The summed E-state index contributed by atoms with van der Waals surface area (Å²) in [4.78, 5) is 17.8. The maximum Gasteiger partial charge on any atom is 0.249 e. The van der Waals surface area contributed by atoms with Crippen LogP contribution in [-0.2, 0) is 4.79 Å².